The van der Waals surface area contributed by atoms with Gasteiger partial charge in [0.1, 0.15) is 0 Å². The molecule has 0 amide bonds. The summed E-state index contributed by atoms with van der Waals surface area (Å²) in [6, 6.07) is 0. The molecule has 2 aliphatic rings. The van der Waals surface area contributed by atoms with E-state index >= 15 is 0 Å². The topological polar surface area (TPSA) is 27.3 Å². The highest BCUT2D eigenvalue weighted by Crippen LogP contribution is 2.09. The first-order valence-corrected chi connectivity index (χ1v) is 2.63. The summed E-state index contributed by atoms with van der Waals surface area (Å²) in [5.41, 5.74) is 7.29. The van der Waals surface area contributed by atoms with Gasteiger partial charge >= 0.3 is 0 Å². The smallest absolute Gasteiger partial charge is 0.0745 e. The molecule has 2 heterocycles. The van der Waals surface area contributed by atoms with E-state index in [1.165, 1.54) is 5.70 Å². The third-order valence-electron chi connectivity index (χ3n) is 1.28. The van der Waals surface area contributed by atoms with Crippen molar-refractivity contribution in [1.29, 1.82) is 0 Å². The van der Waals surface area contributed by atoms with Crippen molar-refractivity contribution in [2.24, 2.45) is 0 Å². The fraction of sp³-hybridized carbons (Fsp3) is 0.200. The van der Waals surface area contributed by atoms with Crippen LogP contribution in [0.25, 0.3) is 0 Å². The van der Waals surface area contributed by atoms with E-state index in [1.54, 1.807) is 0 Å². The van der Waals surface area contributed by atoms with Crippen molar-refractivity contribution in [2.75, 3.05) is 6.54 Å². The summed E-state index contributed by atoms with van der Waals surface area (Å²) in [6.07, 6.45) is 6.05. The molecule has 3 nitrogen and oxygen atoms in total. The molecule has 0 bridgehead atoms. The van der Waals surface area contributed by atoms with Gasteiger partial charge in [-0.25, -0.2) is 10.5 Å². The quantitative estimate of drug-likeness (QED) is 0.448. The molecule has 0 unspecified atom stereocenters. The van der Waals surface area contributed by atoms with Crippen LogP contribution < -0.4 is 10.9 Å². The van der Waals surface area contributed by atoms with Crippen molar-refractivity contribution in [3.8, 4) is 0 Å². The summed E-state index contributed by atoms with van der Waals surface area (Å²) >= 11 is 0. The average Bonchev–Trinajstić information content (AvgIpc) is 2.15. The SMILES string of the molecule is C1=CC2=CCNN2N1. The van der Waals surface area contributed by atoms with Crippen LogP contribution in [0.15, 0.2) is 24.0 Å². The molecule has 0 atom stereocenters. The van der Waals surface area contributed by atoms with E-state index in [4.69, 9.17) is 0 Å². The fourth-order valence-electron chi connectivity index (χ4n) is 0.884. The van der Waals surface area contributed by atoms with Crippen LogP contribution in [0.5, 0.6) is 0 Å². The van der Waals surface area contributed by atoms with Crippen LogP contribution in [0, 0.1) is 0 Å². The van der Waals surface area contributed by atoms with Crippen LogP contribution in [-0.4, -0.2) is 11.7 Å². The standard InChI is InChI=1S/C5H7N3/c1-3-6-8-5(1)2-4-7-8/h1-3,6-7H,4H2. The minimum absolute atomic E-state index is 0.937. The fourth-order valence-corrected chi connectivity index (χ4v) is 0.884. The molecule has 0 aromatic carbocycles. The van der Waals surface area contributed by atoms with Crippen molar-refractivity contribution in [3.05, 3.63) is 24.0 Å². The monoisotopic (exact) mass is 109 g/mol. The highest BCUT2D eigenvalue weighted by Gasteiger charge is 2.13. The molecule has 42 valence electrons. The van der Waals surface area contributed by atoms with E-state index in [-0.39, 0.29) is 0 Å². The van der Waals surface area contributed by atoms with Gasteiger partial charge in [0, 0.05) is 12.7 Å². The van der Waals surface area contributed by atoms with Gasteiger partial charge in [-0.15, -0.1) is 0 Å². The number of fused-ring (bicyclic) bond motifs is 1. The van der Waals surface area contributed by atoms with Gasteiger partial charge in [-0.2, -0.15) is 0 Å². The molecule has 0 aliphatic carbocycles. The third kappa shape index (κ3) is 0.364. The van der Waals surface area contributed by atoms with Crippen LogP contribution in [0.3, 0.4) is 0 Å². The van der Waals surface area contributed by atoms with E-state index in [0.717, 1.165) is 6.54 Å². The number of allylic oxidation sites excluding steroid dienone is 1. The molecule has 0 aromatic rings. The molecule has 8 heavy (non-hydrogen) atoms. The molecule has 0 radical (unpaired) electrons. The Morgan fingerprint density at radius 2 is 2.62 bits per heavy atom. The lowest BCUT2D eigenvalue weighted by Gasteiger charge is -2.13. The second-order valence-electron chi connectivity index (χ2n) is 1.79. The van der Waals surface area contributed by atoms with Crippen molar-refractivity contribution in [3.63, 3.8) is 0 Å². The largest absolute Gasteiger partial charge is 0.291 e. The minimum atomic E-state index is 0.937. The van der Waals surface area contributed by atoms with Crippen molar-refractivity contribution in [1.82, 2.24) is 16.0 Å². The summed E-state index contributed by atoms with van der Waals surface area (Å²) < 4.78 is 0. The van der Waals surface area contributed by atoms with Gasteiger partial charge in [-0.1, -0.05) is 0 Å². The second-order valence-corrected chi connectivity index (χ2v) is 1.79. The molecule has 0 aromatic heterocycles. The molecule has 0 saturated heterocycles. The van der Waals surface area contributed by atoms with Gasteiger partial charge in [-0.3, -0.25) is 5.43 Å². The predicted molar refractivity (Wildman–Crippen MR) is 30.2 cm³/mol. The molecule has 0 spiro atoms. The normalized spacial score (nSPS) is 23.0. The van der Waals surface area contributed by atoms with E-state index in [2.05, 4.69) is 16.9 Å². The highest BCUT2D eigenvalue weighted by molar-refractivity contribution is 5.23. The number of nitrogens with zero attached hydrogens (tertiary/aromatic N) is 1. The van der Waals surface area contributed by atoms with Gasteiger partial charge in [0.25, 0.3) is 0 Å². The number of nitrogens with one attached hydrogen (secondary N) is 2. The lowest BCUT2D eigenvalue weighted by atomic mass is 10.4. The van der Waals surface area contributed by atoms with Crippen LogP contribution in [0.4, 0.5) is 0 Å². The number of hydrogen-bond donors (Lipinski definition) is 2. The Labute approximate surface area is 47.6 Å². The molecule has 3 heteroatoms. The second kappa shape index (κ2) is 1.26. The van der Waals surface area contributed by atoms with Crippen LogP contribution in [0.2, 0.25) is 0 Å². The molecule has 0 fully saturated rings. The average molecular weight is 109 g/mol. The van der Waals surface area contributed by atoms with E-state index in [9.17, 15) is 0 Å². The van der Waals surface area contributed by atoms with Crippen molar-refractivity contribution >= 4 is 0 Å². The Kier molecular flexibility index (Phi) is 0.625. The van der Waals surface area contributed by atoms with Gasteiger partial charge in [-0.05, 0) is 12.2 Å². The summed E-state index contributed by atoms with van der Waals surface area (Å²) in [5, 5.41) is 1.89. The lowest BCUT2D eigenvalue weighted by Crippen LogP contribution is -2.37. The molecule has 0 saturated carbocycles. The first-order valence-electron chi connectivity index (χ1n) is 2.63. The first kappa shape index (κ1) is 3.97. The van der Waals surface area contributed by atoms with E-state index in [0.29, 0.717) is 0 Å². The van der Waals surface area contributed by atoms with Crippen molar-refractivity contribution in [2.45, 2.75) is 0 Å². The summed E-state index contributed by atoms with van der Waals surface area (Å²) in [5.74, 6) is 0. The number of hydrazine groups is 2. The van der Waals surface area contributed by atoms with Gasteiger partial charge in [0.15, 0.2) is 0 Å². The van der Waals surface area contributed by atoms with Gasteiger partial charge < -0.3 is 0 Å². The molecule has 2 N–H and O–H groups in total. The van der Waals surface area contributed by atoms with Crippen LogP contribution >= 0.6 is 0 Å². The molecule has 2 rings (SSSR count). The summed E-state index contributed by atoms with van der Waals surface area (Å²) in [4.78, 5) is 0. The third-order valence-corrected chi connectivity index (χ3v) is 1.28. The van der Waals surface area contributed by atoms with Gasteiger partial charge in [0.2, 0.25) is 0 Å². The zero-order valence-electron chi connectivity index (χ0n) is 4.39. The maximum absolute atomic E-state index is 3.09. The van der Waals surface area contributed by atoms with E-state index in [1.807, 2.05) is 17.4 Å². The van der Waals surface area contributed by atoms with Crippen molar-refractivity contribution < 1.29 is 0 Å². The summed E-state index contributed by atoms with van der Waals surface area (Å²) in [6.45, 7) is 0.937. The Hall–Kier alpha value is -0.960. The van der Waals surface area contributed by atoms with E-state index < -0.39 is 0 Å². The molecular formula is C5H7N3. The number of hydrogen-bond acceptors (Lipinski definition) is 3. The Balaban J connectivity index is 2.31. The maximum atomic E-state index is 3.09. The van der Waals surface area contributed by atoms with Crippen LogP contribution in [-0.2, 0) is 0 Å². The predicted octanol–water partition coefficient (Wildman–Crippen LogP) is -0.278. The number of rotatable bonds is 0. The zero-order chi connectivity index (χ0) is 5.40. The highest BCUT2D eigenvalue weighted by atomic mass is 15.7. The maximum Gasteiger partial charge on any atom is 0.0745 e. The lowest BCUT2D eigenvalue weighted by molar-refractivity contribution is 0.249. The van der Waals surface area contributed by atoms with Gasteiger partial charge in [0.05, 0.1) is 5.70 Å². The Morgan fingerprint density at radius 1 is 1.62 bits per heavy atom. The summed E-state index contributed by atoms with van der Waals surface area (Å²) in [7, 11) is 0. The molecular weight excluding hydrogens is 102 g/mol. The Bertz CT molecular complexity index is 159. The minimum Gasteiger partial charge on any atom is -0.291 e. The zero-order valence-corrected chi connectivity index (χ0v) is 4.39. The first-order chi connectivity index (χ1) is 3.97. The van der Waals surface area contributed by atoms with Crippen LogP contribution in [0.1, 0.15) is 0 Å². The Morgan fingerprint density at radius 3 is 3.50 bits per heavy atom. The molecule has 2 aliphatic heterocycles.